The normalized spacial score (nSPS) is 13.7. The van der Waals surface area contributed by atoms with Crippen molar-refractivity contribution >= 4 is 47.4 Å². The summed E-state index contributed by atoms with van der Waals surface area (Å²) in [6, 6.07) is 3.22. The molecule has 0 bridgehead atoms. The van der Waals surface area contributed by atoms with Gasteiger partial charge < -0.3 is 36.5 Å². The number of imide groups is 1. The Balaban J connectivity index is 1.95. The number of benzene rings is 1. The fourth-order valence-electron chi connectivity index (χ4n) is 4.19. The Hall–Kier alpha value is -4.95. The molecule has 2 atom stereocenters. The Kier molecular flexibility index (Phi) is 14.3. The summed E-state index contributed by atoms with van der Waals surface area (Å²) in [4.78, 5) is 85.7. The average molecular weight is 617 g/mol. The molecule has 1 aliphatic heterocycles. The summed E-state index contributed by atoms with van der Waals surface area (Å²) in [6.07, 6.45) is 3.78. The number of anilines is 1. The molecule has 2 rings (SSSR count). The smallest absolute Gasteiger partial charge is 0.437 e. The third-order valence-corrected chi connectivity index (χ3v) is 6.54. The second-order valence-corrected chi connectivity index (χ2v) is 10.3. The minimum absolute atomic E-state index is 0.134. The summed E-state index contributed by atoms with van der Waals surface area (Å²) in [5.41, 5.74) is 5.47. The lowest BCUT2D eigenvalue weighted by Crippen LogP contribution is -2.54. The number of hydrogen-bond donors (Lipinski definition) is 5. The van der Waals surface area contributed by atoms with Gasteiger partial charge in [-0.2, -0.15) is 0 Å². The van der Waals surface area contributed by atoms with Gasteiger partial charge >= 0.3 is 12.2 Å². The van der Waals surface area contributed by atoms with Gasteiger partial charge in [-0.05, 0) is 55.9 Å². The largest absolute Gasteiger partial charge is 0.513 e. The zero-order valence-electron chi connectivity index (χ0n) is 25.1. The number of hydrogen-bond acceptors (Lipinski definition) is 9. The van der Waals surface area contributed by atoms with E-state index >= 15 is 0 Å². The zero-order chi connectivity index (χ0) is 32.6. The van der Waals surface area contributed by atoms with Crippen LogP contribution in [0.5, 0.6) is 5.75 Å². The van der Waals surface area contributed by atoms with Crippen LogP contribution in [0.4, 0.5) is 15.3 Å². The molecule has 15 nitrogen and oxygen atoms in total. The summed E-state index contributed by atoms with van der Waals surface area (Å²) >= 11 is 0. The summed E-state index contributed by atoms with van der Waals surface area (Å²) in [6.45, 7) is 3.96. The van der Waals surface area contributed by atoms with Crippen LogP contribution in [0, 0.1) is 5.92 Å². The summed E-state index contributed by atoms with van der Waals surface area (Å²) in [5.74, 6) is -2.26. The Labute approximate surface area is 255 Å². The van der Waals surface area contributed by atoms with Crippen molar-refractivity contribution in [3.8, 4) is 5.75 Å². The maximum atomic E-state index is 13.3. The van der Waals surface area contributed by atoms with Crippen LogP contribution in [0.2, 0.25) is 0 Å². The number of primary amides is 1. The number of nitrogens with two attached hydrogens (primary N) is 1. The molecule has 1 aliphatic rings. The minimum atomic E-state index is -1.02. The van der Waals surface area contributed by atoms with Crippen molar-refractivity contribution in [2.75, 3.05) is 25.5 Å². The maximum absolute atomic E-state index is 13.3. The minimum Gasteiger partial charge on any atom is -0.437 e. The Bertz CT molecular complexity index is 1210. The van der Waals surface area contributed by atoms with E-state index in [0.29, 0.717) is 31.4 Å². The first-order valence-electron chi connectivity index (χ1n) is 14.2. The number of unbranched alkanes of at least 4 members (excludes halogenated alkanes) is 2. The number of rotatable bonds is 17. The highest BCUT2D eigenvalue weighted by Gasteiger charge is 2.29. The molecule has 240 valence electrons. The third kappa shape index (κ3) is 12.1. The molecule has 0 aromatic heterocycles. The molecule has 0 spiro atoms. The summed E-state index contributed by atoms with van der Waals surface area (Å²) in [7, 11) is 1.17. The van der Waals surface area contributed by atoms with Crippen LogP contribution >= 0.6 is 0 Å². The standard InChI is InChI=1S/C29H40N6O9/c1-18(2)25(34-22(36)9-5-4-6-17-35-23(37)14-15-24(35)38)27(40)33-21(8-7-16-31-28(30)41)26(39)32-19-10-12-20(13-11-19)44-29(42)43-3/h10-15,18,21,25H,4-9,16-17H2,1-3H3,(H,32,39)(H,33,40)(H,34,36)(H3,30,31,41)/t21-,25-/m0/s1. The quantitative estimate of drug-likeness (QED) is 0.0737. The number of nitrogens with zero attached hydrogens (tertiary/aromatic N) is 1. The van der Waals surface area contributed by atoms with Gasteiger partial charge in [-0.1, -0.05) is 20.3 Å². The van der Waals surface area contributed by atoms with Crippen molar-refractivity contribution in [1.82, 2.24) is 20.9 Å². The SMILES string of the molecule is COC(=O)Oc1ccc(NC(=O)[C@H](CCCNC(N)=O)NC(=O)[C@@H](NC(=O)CCCCCN2C(=O)C=CC2=O)C(C)C)cc1. The molecule has 0 saturated heterocycles. The monoisotopic (exact) mass is 616 g/mol. The van der Waals surface area contributed by atoms with E-state index in [0.717, 1.165) is 4.90 Å². The van der Waals surface area contributed by atoms with Crippen LogP contribution in [0.1, 0.15) is 52.4 Å². The summed E-state index contributed by atoms with van der Waals surface area (Å²) < 4.78 is 9.35. The highest BCUT2D eigenvalue weighted by molar-refractivity contribution is 6.12. The van der Waals surface area contributed by atoms with Crippen LogP contribution in [-0.4, -0.2) is 78.9 Å². The number of urea groups is 1. The van der Waals surface area contributed by atoms with Gasteiger partial charge in [0.25, 0.3) is 11.8 Å². The Morgan fingerprint density at radius 3 is 2.14 bits per heavy atom. The molecule has 1 aromatic carbocycles. The van der Waals surface area contributed by atoms with E-state index in [-0.39, 0.29) is 55.3 Å². The molecule has 44 heavy (non-hydrogen) atoms. The van der Waals surface area contributed by atoms with Crippen molar-refractivity contribution < 1.29 is 43.0 Å². The van der Waals surface area contributed by atoms with Crippen molar-refractivity contribution in [3.63, 3.8) is 0 Å². The first-order valence-corrected chi connectivity index (χ1v) is 14.2. The fourth-order valence-corrected chi connectivity index (χ4v) is 4.19. The lowest BCUT2D eigenvalue weighted by molar-refractivity contribution is -0.137. The van der Waals surface area contributed by atoms with Crippen molar-refractivity contribution in [1.29, 1.82) is 0 Å². The molecule has 0 unspecified atom stereocenters. The van der Waals surface area contributed by atoms with E-state index in [4.69, 9.17) is 10.5 Å². The van der Waals surface area contributed by atoms with Crippen LogP contribution in [0.15, 0.2) is 36.4 Å². The van der Waals surface area contributed by atoms with E-state index in [1.165, 1.54) is 43.5 Å². The van der Waals surface area contributed by atoms with E-state index in [1.807, 2.05) is 0 Å². The molecule has 15 heteroatoms. The Morgan fingerprint density at radius 2 is 1.55 bits per heavy atom. The lowest BCUT2D eigenvalue weighted by Gasteiger charge is -2.25. The molecule has 0 saturated carbocycles. The number of carbonyl (C=O) groups is 7. The number of nitrogens with one attached hydrogen (secondary N) is 4. The van der Waals surface area contributed by atoms with Gasteiger partial charge in [-0.15, -0.1) is 0 Å². The van der Waals surface area contributed by atoms with Crippen molar-refractivity contribution in [2.24, 2.45) is 11.7 Å². The molecular weight excluding hydrogens is 576 g/mol. The molecule has 7 amide bonds. The van der Waals surface area contributed by atoms with E-state index in [1.54, 1.807) is 13.8 Å². The van der Waals surface area contributed by atoms with Crippen LogP contribution in [0.25, 0.3) is 0 Å². The van der Waals surface area contributed by atoms with Crippen LogP contribution in [-0.2, 0) is 28.7 Å². The number of amides is 7. The molecule has 1 heterocycles. The predicted octanol–water partition coefficient (Wildman–Crippen LogP) is 1.33. The predicted molar refractivity (Wildman–Crippen MR) is 158 cm³/mol. The number of methoxy groups -OCH3 is 1. The first kappa shape index (κ1) is 35.2. The van der Waals surface area contributed by atoms with E-state index < -0.39 is 36.1 Å². The lowest BCUT2D eigenvalue weighted by atomic mass is 10.0. The highest BCUT2D eigenvalue weighted by atomic mass is 16.7. The number of ether oxygens (including phenoxy) is 2. The van der Waals surface area contributed by atoms with Crippen molar-refractivity contribution in [2.45, 2.75) is 64.5 Å². The van der Waals surface area contributed by atoms with E-state index in [2.05, 4.69) is 26.0 Å². The molecule has 0 aliphatic carbocycles. The molecule has 0 fully saturated rings. The van der Waals surface area contributed by atoms with Gasteiger partial charge in [0.05, 0.1) is 7.11 Å². The van der Waals surface area contributed by atoms with Gasteiger partial charge in [-0.3, -0.25) is 28.9 Å². The third-order valence-electron chi connectivity index (χ3n) is 6.54. The van der Waals surface area contributed by atoms with E-state index in [9.17, 15) is 33.6 Å². The van der Waals surface area contributed by atoms with Gasteiger partial charge in [0, 0.05) is 37.3 Å². The number of carbonyl (C=O) groups excluding carboxylic acids is 7. The summed E-state index contributed by atoms with van der Waals surface area (Å²) in [5, 5.41) is 10.6. The first-order chi connectivity index (χ1) is 20.9. The fraction of sp³-hybridized carbons (Fsp3) is 0.483. The molecule has 0 radical (unpaired) electrons. The van der Waals surface area contributed by atoms with Crippen LogP contribution in [0.3, 0.4) is 0 Å². The topological polar surface area (TPSA) is 215 Å². The van der Waals surface area contributed by atoms with Crippen molar-refractivity contribution in [3.05, 3.63) is 36.4 Å². The van der Waals surface area contributed by atoms with Gasteiger partial charge in [-0.25, -0.2) is 9.59 Å². The average Bonchev–Trinajstić information content (AvgIpc) is 3.29. The molecule has 1 aromatic rings. The molecule has 6 N–H and O–H groups in total. The van der Waals surface area contributed by atoms with Crippen LogP contribution < -0.4 is 31.7 Å². The van der Waals surface area contributed by atoms with Gasteiger partial charge in [0.2, 0.25) is 17.7 Å². The molecular formula is C29H40N6O9. The second kappa shape index (κ2) is 17.9. The maximum Gasteiger partial charge on any atom is 0.513 e. The van der Waals surface area contributed by atoms with Gasteiger partial charge in [0.1, 0.15) is 17.8 Å². The highest BCUT2D eigenvalue weighted by Crippen LogP contribution is 2.17. The Morgan fingerprint density at radius 1 is 0.886 bits per heavy atom. The second-order valence-electron chi connectivity index (χ2n) is 10.3. The van der Waals surface area contributed by atoms with Gasteiger partial charge in [0.15, 0.2) is 0 Å². The zero-order valence-corrected chi connectivity index (χ0v) is 25.1.